The Balaban J connectivity index is 2.19. The normalized spacial score (nSPS) is 10.9. The average Bonchev–Trinajstić information content (AvgIpc) is 2.86. The largest absolute Gasteiger partial charge is 0.494 e. The molecule has 0 unspecified atom stereocenters. The van der Waals surface area contributed by atoms with Crippen LogP contribution in [0.1, 0.15) is 19.7 Å². The molecule has 5 heteroatoms. The molecule has 0 bridgehead atoms. The number of hydrogen-bond donors (Lipinski definition) is 1. The van der Waals surface area contributed by atoms with Crippen LogP contribution in [0.5, 0.6) is 5.75 Å². The second-order valence-electron chi connectivity index (χ2n) is 4.78. The van der Waals surface area contributed by atoms with E-state index in [4.69, 9.17) is 4.74 Å². The summed E-state index contributed by atoms with van der Waals surface area (Å²) in [6.45, 7) is 6.00. The molecule has 0 aliphatic carbocycles. The van der Waals surface area contributed by atoms with Gasteiger partial charge in [0.25, 0.3) is 0 Å². The first-order valence-electron chi connectivity index (χ1n) is 6.45. The zero-order chi connectivity index (χ0) is 13.7. The molecular weight excluding hydrogens is 240 g/mol. The molecule has 1 aromatic carbocycles. The molecule has 19 heavy (non-hydrogen) atoms. The highest BCUT2D eigenvalue weighted by Crippen LogP contribution is 2.21. The van der Waals surface area contributed by atoms with Gasteiger partial charge in [0, 0.05) is 0 Å². The Kier molecular flexibility index (Phi) is 4.52. The smallest absolute Gasteiger partial charge is 0.146 e. The van der Waals surface area contributed by atoms with E-state index in [0.717, 1.165) is 23.8 Å². The summed E-state index contributed by atoms with van der Waals surface area (Å²) in [5, 5.41) is 7.65. The molecule has 0 saturated heterocycles. The van der Waals surface area contributed by atoms with E-state index in [2.05, 4.69) is 29.2 Å². The number of ether oxygens (including phenoxy) is 1. The lowest BCUT2D eigenvalue weighted by molar-refractivity contribution is 0.411. The highest BCUT2D eigenvalue weighted by Gasteiger charge is 2.10. The molecule has 0 fully saturated rings. The lowest BCUT2D eigenvalue weighted by atomic mass is 10.2. The van der Waals surface area contributed by atoms with Crippen molar-refractivity contribution in [2.75, 3.05) is 13.7 Å². The van der Waals surface area contributed by atoms with Gasteiger partial charge >= 0.3 is 0 Å². The SMILES string of the molecule is COc1ccccc1-n1ncnc1CNCC(C)C. The summed E-state index contributed by atoms with van der Waals surface area (Å²) in [5.74, 6) is 2.28. The molecule has 0 saturated carbocycles. The van der Waals surface area contributed by atoms with E-state index in [1.165, 1.54) is 0 Å². The van der Waals surface area contributed by atoms with Crippen LogP contribution < -0.4 is 10.1 Å². The number of aromatic nitrogens is 3. The van der Waals surface area contributed by atoms with Crippen LogP contribution in [0.2, 0.25) is 0 Å². The van der Waals surface area contributed by atoms with Crippen molar-refractivity contribution in [3.63, 3.8) is 0 Å². The highest BCUT2D eigenvalue weighted by molar-refractivity contribution is 5.46. The molecule has 2 rings (SSSR count). The fourth-order valence-corrected chi connectivity index (χ4v) is 1.86. The van der Waals surface area contributed by atoms with Gasteiger partial charge in [0.1, 0.15) is 23.6 Å². The topological polar surface area (TPSA) is 52.0 Å². The number of methoxy groups -OCH3 is 1. The third-order valence-electron chi connectivity index (χ3n) is 2.77. The van der Waals surface area contributed by atoms with E-state index in [-0.39, 0.29) is 0 Å². The van der Waals surface area contributed by atoms with Crippen LogP contribution in [0, 0.1) is 5.92 Å². The molecule has 102 valence electrons. The Morgan fingerprint density at radius 3 is 2.84 bits per heavy atom. The molecule has 0 spiro atoms. The molecule has 0 radical (unpaired) electrons. The number of hydrogen-bond acceptors (Lipinski definition) is 4. The maximum atomic E-state index is 5.36. The van der Waals surface area contributed by atoms with E-state index >= 15 is 0 Å². The summed E-state index contributed by atoms with van der Waals surface area (Å²) in [5.41, 5.74) is 0.906. The van der Waals surface area contributed by atoms with E-state index in [0.29, 0.717) is 12.5 Å². The van der Waals surface area contributed by atoms with Gasteiger partial charge in [0.2, 0.25) is 0 Å². The average molecular weight is 260 g/mol. The molecule has 1 aromatic heterocycles. The van der Waals surface area contributed by atoms with Crippen LogP contribution in [-0.2, 0) is 6.54 Å². The van der Waals surface area contributed by atoms with Crippen molar-refractivity contribution < 1.29 is 4.74 Å². The summed E-state index contributed by atoms with van der Waals surface area (Å²) in [6, 6.07) is 7.79. The van der Waals surface area contributed by atoms with Gasteiger partial charge in [-0.25, -0.2) is 9.67 Å². The van der Waals surface area contributed by atoms with Gasteiger partial charge in [-0.05, 0) is 24.6 Å². The Morgan fingerprint density at radius 1 is 1.32 bits per heavy atom. The predicted octanol–water partition coefficient (Wildman–Crippen LogP) is 2.02. The Labute approximate surface area is 113 Å². The molecule has 0 amide bonds. The molecule has 1 N–H and O–H groups in total. The number of rotatable bonds is 6. The summed E-state index contributed by atoms with van der Waals surface area (Å²) in [7, 11) is 1.66. The van der Waals surface area contributed by atoms with Crippen molar-refractivity contribution in [3.8, 4) is 11.4 Å². The quantitative estimate of drug-likeness (QED) is 0.863. The summed E-state index contributed by atoms with van der Waals surface area (Å²) in [6.07, 6.45) is 1.57. The molecular formula is C14H20N4O. The van der Waals surface area contributed by atoms with E-state index in [1.54, 1.807) is 13.4 Å². The molecule has 5 nitrogen and oxygen atoms in total. The molecule has 2 aromatic rings. The Hall–Kier alpha value is -1.88. The maximum Gasteiger partial charge on any atom is 0.146 e. The first kappa shape index (κ1) is 13.5. The van der Waals surface area contributed by atoms with Crippen molar-refractivity contribution >= 4 is 0 Å². The minimum Gasteiger partial charge on any atom is -0.494 e. The monoisotopic (exact) mass is 260 g/mol. The third kappa shape index (κ3) is 3.32. The van der Waals surface area contributed by atoms with Crippen molar-refractivity contribution in [1.29, 1.82) is 0 Å². The van der Waals surface area contributed by atoms with Crippen molar-refractivity contribution in [3.05, 3.63) is 36.4 Å². The second kappa shape index (κ2) is 6.33. The zero-order valence-corrected chi connectivity index (χ0v) is 11.6. The second-order valence-corrected chi connectivity index (χ2v) is 4.78. The Bertz CT molecular complexity index is 522. The zero-order valence-electron chi connectivity index (χ0n) is 11.6. The summed E-state index contributed by atoms with van der Waals surface area (Å²) >= 11 is 0. The molecule has 0 aliphatic heterocycles. The summed E-state index contributed by atoms with van der Waals surface area (Å²) in [4.78, 5) is 4.30. The van der Waals surface area contributed by atoms with Crippen LogP contribution >= 0.6 is 0 Å². The van der Waals surface area contributed by atoms with Crippen LogP contribution in [0.15, 0.2) is 30.6 Å². The van der Waals surface area contributed by atoms with Crippen LogP contribution in [0.25, 0.3) is 5.69 Å². The van der Waals surface area contributed by atoms with E-state index in [1.807, 2.05) is 28.9 Å². The number of benzene rings is 1. The lowest BCUT2D eigenvalue weighted by Gasteiger charge is -2.11. The van der Waals surface area contributed by atoms with Gasteiger partial charge in [0.05, 0.1) is 13.7 Å². The van der Waals surface area contributed by atoms with Crippen LogP contribution in [0.4, 0.5) is 0 Å². The van der Waals surface area contributed by atoms with Crippen LogP contribution in [-0.4, -0.2) is 28.4 Å². The lowest BCUT2D eigenvalue weighted by Crippen LogP contribution is -2.21. The fraction of sp³-hybridized carbons (Fsp3) is 0.429. The van der Waals surface area contributed by atoms with E-state index < -0.39 is 0 Å². The minimum absolute atomic E-state index is 0.614. The van der Waals surface area contributed by atoms with Gasteiger partial charge in [0.15, 0.2) is 0 Å². The fourth-order valence-electron chi connectivity index (χ4n) is 1.86. The molecule has 1 heterocycles. The van der Waals surface area contributed by atoms with Gasteiger partial charge < -0.3 is 10.1 Å². The minimum atomic E-state index is 0.614. The van der Waals surface area contributed by atoms with Gasteiger partial charge in [-0.3, -0.25) is 0 Å². The maximum absolute atomic E-state index is 5.36. The highest BCUT2D eigenvalue weighted by atomic mass is 16.5. The number of nitrogens with zero attached hydrogens (tertiary/aromatic N) is 3. The number of para-hydroxylation sites is 2. The first-order valence-corrected chi connectivity index (χ1v) is 6.45. The Morgan fingerprint density at radius 2 is 2.11 bits per heavy atom. The molecule has 0 atom stereocenters. The number of nitrogens with one attached hydrogen (secondary N) is 1. The van der Waals surface area contributed by atoms with Crippen molar-refractivity contribution in [2.24, 2.45) is 5.92 Å². The van der Waals surface area contributed by atoms with Gasteiger partial charge in [-0.1, -0.05) is 26.0 Å². The van der Waals surface area contributed by atoms with Crippen molar-refractivity contribution in [1.82, 2.24) is 20.1 Å². The van der Waals surface area contributed by atoms with Gasteiger partial charge in [-0.2, -0.15) is 5.10 Å². The summed E-state index contributed by atoms with van der Waals surface area (Å²) < 4.78 is 7.17. The van der Waals surface area contributed by atoms with Crippen LogP contribution in [0.3, 0.4) is 0 Å². The predicted molar refractivity (Wildman–Crippen MR) is 74.5 cm³/mol. The van der Waals surface area contributed by atoms with Crippen molar-refractivity contribution in [2.45, 2.75) is 20.4 Å². The first-order chi connectivity index (χ1) is 9.22. The third-order valence-corrected chi connectivity index (χ3v) is 2.77. The van der Waals surface area contributed by atoms with Gasteiger partial charge in [-0.15, -0.1) is 0 Å². The van der Waals surface area contributed by atoms with E-state index in [9.17, 15) is 0 Å². The standard InChI is InChI=1S/C14H20N4O/c1-11(2)8-15-9-14-16-10-17-18(14)12-6-4-5-7-13(12)19-3/h4-7,10-11,15H,8-9H2,1-3H3. The molecule has 0 aliphatic rings.